The minimum Gasteiger partial charge on any atom is -0.508 e. The Bertz CT molecular complexity index is 950. The van der Waals surface area contributed by atoms with Crippen molar-refractivity contribution in [1.29, 1.82) is 0 Å². The lowest BCUT2D eigenvalue weighted by Crippen LogP contribution is -2.08. The van der Waals surface area contributed by atoms with E-state index in [9.17, 15) is 30.6 Å². The lowest BCUT2D eigenvalue weighted by Gasteiger charge is -2.20. The van der Waals surface area contributed by atoms with Crippen LogP contribution in [0.15, 0.2) is 36.4 Å². The second-order valence-electron chi connectivity index (χ2n) is 11.2. The maximum Gasteiger partial charge on any atom is 0.394 e. The molecule has 0 aliphatic carbocycles. The first-order valence-corrected chi connectivity index (χ1v) is 13.1. The van der Waals surface area contributed by atoms with Crippen LogP contribution < -0.4 is 0 Å². The van der Waals surface area contributed by atoms with E-state index >= 15 is 0 Å². The highest BCUT2D eigenvalue weighted by molar-refractivity contribution is 7.79. The average molecular weight is 547 g/mol. The van der Waals surface area contributed by atoms with E-state index in [2.05, 4.69) is 41.5 Å². The number of aliphatic hydroxyl groups is 2. The summed E-state index contributed by atoms with van der Waals surface area (Å²) >= 11 is 0. The molecule has 0 saturated heterocycles. The van der Waals surface area contributed by atoms with E-state index in [1.165, 1.54) is 36.4 Å². The van der Waals surface area contributed by atoms with Crippen molar-refractivity contribution in [2.24, 2.45) is 10.8 Å². The zero-order valence-electron chi connectivity index (χ0n) is 22.2. The van der Waals surface area contributed by atoms with E-state index < -0.39 is 22.6 Å². The molecule has 2 unspecified atom stereocenters. The molecule has 0 aromatic heterocycles. The SMILES string of the molecule is CC(C)(C)CCC(O)c1cc(O)cc(O)c1.CC(C)(C)CCC(O)c1cc(O)cc(O)c1.O=S(=O)(O)O. The van der Waals surface area contributed by atoms with Crippen LogP contribution in [0.3, 0.4) is 0 Å². The van der Waals surface area contributed by atoms with Crippen molar-refractivity contribution in [1.82, 2.24) is 0 Å². The van der Waals surface area contributed by atoms with Gasteiger partial charge in [0.05, 0.1) is 12.2 Å². The highest BCUT2D eigenvalue weighted by Crippen LogP contribution is 2.32. The molecular weight excluding hydrogens is 504 g/mol. The zero-order valence-corrected chi connectivity index (χ0v) is 23.1. The number of phenols is 4. The molecule has 0 heterocycles. The smallest absolute Gasteiger partial charge is 0.394 e. The molecule has 2 aromatic rings. The number of phenolic OH excluding ortho intramolecular Hbond substituents is 4. The van der Waals surface area contributed by atoms with Gasteiger partial charge in [-0.2, -0.15) is 8.42 Å². The van der Waals surface area contributed by atoms with Crippen LogP contribution in [0, 0.1) is 10.8 Å². The summed E-state index contributed by atoms with van der Waals surface area (Å²) in [5.74, 6) is -0.0933. The fraction of sp³-hybridized carbons (Fsp3) is 0.538. The summed E-state index contributed by atoms with van der Waals surface area (Å²) in [6.45, 7) is 12.7. The molecule has 2 atom stereocenters. The van der Waals surface area contributed by atoms with Crippen LogP contribution in [-0.4, -0.2) is 48.2 Å². The van der Waals surface area contributed by atoms with Gasteiger partial charge in [0.25, 0.3) is 0 Å². The Morgan fingerprint density at radius 1 is 0.595 bits per heavy atom. The van der Waals surface area contributed by atoms with Gasteiger partial charge in [-0.25, -0.2) is 0 Å². The van der Waals surface area contributed by atoms with Crippen LogP contribution >= 0.6 is 0 Å². The van der Waals surface area contributed by atoms with Crippen molar-refractivity contribution in [2.75, 3.05) is 0 Å². The second kappa shape index (κ2) is 14.4. The number of hydrogen-bond acceptors (Lipinski definition) is 8. The van der Waals surface area contributed by atoms with Gasteiger partial charge in [0.15, 0.2) is 0 Å². The largest absolute Gasteiger partial charge is 0.508 e. The van der Waals surface area contributed by atoms with Crippen molar-refractivity contribution in [3.63, 3.8) is 0 Å². The highest BCUT2D eigenvalue weighted by atomic mass is 32.3. The molecule has 8 N–H and O–H groups in total. The van der Waals surface area contributed by atoms with Crippen molar-refractivity contribution < 1.29 is 48.2 Å². The fourth-order valence-corrected chi connectivity index (χ4v) is 3.09. The Morgan fingerprint density at radius 2 is 0.811 bits per heavy atom. The summed E-state index contributed by atoms with van der Waals surface area (Å²) in [7, 11) is -4.67. The number of rotatable bonds is 6. The van der Waals surface area contributed by atoms with Crippen molar-refractivity contribution in [2.45, 2.75) is 79.4 Å². The molecule has 0 amide bonds. The van der Waals surface area contributed by atoms with Crippen LogP contribution in [-0.2, 0) is 10.4 Å². The number of aliphatic hydroxyl groups excluding tert-OH is 2. The number of aromatic hydroxyl groups is 4. The predicted molar refractivity (Wildman–Crippen MR) is 141 cm³/mol. The van der Waals surface area contributed by atoms with Gasteiger partial charge >= 0.3 is 10.4 Å². The Balaban J connectivity index is 0.000000594. The molecule has 0 saturated carbocycles. The van der Waals surface area contributed by atoms with Crippen LogP contribution in [0.2, 0.25) is 0 Å². The first-order chi connectivity index (χ1) is 16.6. The summed E-state index contributed by atoms with van der Waals surface area (Å²) in [4.78, 5) is 0. The Kier molecular flexibility index (Phi) is 13.4. The molecule has 37 heavy (non-hydrogen) atoms. The average Bonchev–Trinajstić information content (AvgIpc) is 2.67. The van der Waals surface area contributed by atoms with Gasteiger partial charge < -0.3 is 30.6 Å². The van der Waals surface area contributed by atoms with Gasteiger partial charge in [-0.05, 0) is 71.9 Å². The van der Waals surface area contributed by atoms with Crippen molar-refractivity contribution in [3.05, 3.63) is 47.5 Å². The Morgan fingerprint density at radius 3 is 1.00 bits per heavy atom. The van der Waals surface area contributed by atoms with Gasteiger partial charge in [0.1, 0.15) is 23.0 Å². The van der Waals surface area contributed by atoms with E-state index in [-0.39, 0.29) is 33.8 Å². The summed E-state index contributed by atoms with van der Waals surface area (Å²) in [6.07, 6.45) is 1.71. The minimum atomic E-state index is -4.67. The molecule has 0 spiro atoms. The molecule has 0 radical (unpaired) electrons. The third-order valence-corrected chi connectivity index (χ3v) is 4.95. The van der Waals surface area contributed by atoms with E-state index in [4.69, 9.17) is 17.5 Å². The molecule has 212 valence electrons. The molecule has 2 aromatic carbocycles. The molecule has 11 heteroatoms. The monoisotopic (exact) mass is 546 g/mol. The second-order valence-corrected chi connectivity index (χ2v) is 12.1. The molecule has 10 nitrogen and oxygen atoms in total. The maximum absolute atomic E-state index is 9.91. The lowest BCUT2D eigenvalue weighted by atomic mass is 9.88. The summed E-state index contributed by atoms with van der Waals surface area (Å²) in [5, 5.41) is 57.0. The van der Waals surface area contributed by atoms with E-state index in [1.54, 1.807) is 0 Å². The quantitative estimate of drug-likeness (QED) is 0.221. The van der Waals surface area contributed by atoms with Crippen LogP contribution in [0.1, 0.15) is 90.6 Å². The topological polar surface area (TPSA) is 196 Å². The van der Waals surface area contributed by atoms with Crippen LogP contribution in [0.4, 0.5) is 0 Å². The van der Waals surface area contributed by atoms with E-state index in [1.807, 2.05) is 0 Å². The summed E-state index contributed by atoms with van der Waals surface area (Å²) in [5.41, 5.74) is 1.45. The molecular formula is C26H42O10S. The predicted octanol–water partition coefficient (Wildman–Crippen LogP) is 5.26. The molecule has 2 rings (SSSR count). The third kappa shape index (κ3) is 19.2. The molecule has 0 bridgehead atoms. The summed E-state index contributed by atoms with van der Waals surface area (Å²) < 4.78 is 31.6. The van der Waals surface area contributed by atoms with Gasteiger partial charge in [0.2, 0.25) is 0 Å². The number of benzene rings is 2. The van der Waals surface area contributed by atoms with Crippen molar-refractivity contribution in [3.8, 4) is 23.0 Å². The van der Waals surface area contributed by atoms with Gasteiger partial charge in [-0.1, -0.05) is 41.5 Å². The standard InChI is InChI=1S/2C13H20O3.H2O4S/c2*1-13(2,3)5-4-12(16)9-6-10(14)8-11(15)7-9;1-5(2,3)4/h2*6-8,12,14-16H,4-5H2,1-3H3;(H2,1,2,3,4). The maximum atomic E-state index is 9.91. The van der Waals surface area contributed by atoms with Crippen LogP contribution in [0.5, 0.6) is 23.0 Å². The zero-order chi connectivity index (χ0) is 29.2. The van der Waals surface area contributed by atoms with E-state index in [0.29, 0.717) is 24.0 Å². The summed E-state index contributed by atoms with van der Waals surface area (Å²) in [6, 6.07) is 8.42. The van der Waals surface area contributed by atoms with Gasteiger partial charge in [-0.15, -0.1) is 0 Å². The van der Waals surface area contributed by atoms with Crippen molar-refractivity contribution >= 4 is 10.4 Å². The fourth-order valence-electron chi connectivity index (χ4n) is 3.09. The first-order valence-electron chi connectivity index (χ1n) is 11.7. The first kappa shape index (κ1) is 34.4. The molecule has 0 fully saturated rings. The highest BCUT2D eigenvalue weighted by Gasteiger charge is 2.17. The molecule has 0 aliphatic rings. The normalized spacial score (nSPS) is 13.5. The van der Waals surface area contributed by atoms with Crippen LogP contribution in [0.25, 0.3) is 0 Å². The number of hydrogen-bond donors (Lipinski definition) is 8. The van der Waals surface area contributed by atoms with Gasteiger partial charge in [-0.3, -0.25) is 9.11 Å². The Labute approximate surface area is 219 Å². The van der Waals surface area contributed by atoms with E-state index in [0.717, 1.165) is 12.8 Å². The van der Waals surface area contributed by atoms with Gasteiger partial charge in [0, 0.05) is 12.1 Å². The minimum absolute atomic E-state index is 0.0233. The molecule has 0 aliphatic heterocycles. The third-order valence-electron chi connectivity index (χ3n) is 4.95. The Hall–Kier alpha value is -2.57. The lowest BCUT2D eigenvalue weighted by molar-refractivity contribution is 0.147.